The van der Waals surface area contributed by atoms with E-state index in [4.69, 9.17) is 0 Å². The SMILES string of the molecule is CCC(CC)N1CCc2c(C(=O)O)nc3c([N+](=O)[O-])cnn3c21. The Bertz CT molecular complexity index is 796. The van der Waals surface area contributed by atoms with Crippen molar-refractivity contribution in [3.05, 3.63) is 27.6 Å². The predicted molar refractivity (Wildman–Crippen MR) is 82.0 cm³/mol. The molecule has 0 fully saturated rings. The zero-order valence-corrected chi connectivity index (χ0v) is 12.9. The first-order chi connectivity index (χ1) is 11.0. The third kappa shape index (κ3) is 2.19. The van der Waals surface area contributed by atoms with Crippen molar-refractivity contribution in [3.8, 4) is 0 Å². The average Bonchev–Trinajstić information content (AvgIpc) is 3.11. The molecule has 2 aromatic rings. The Balaban J connectivity index is 2.31. The second kappa shape index (κ2) is 5.49. The minimum absolute atomic E-state index is 0.0241. The number of hydrogen-bond acceptors (Lipinski definition) is 6. The number of hydrogen-bond donors (Lipinski definition) is 1. The number of nitrogens with zero attached hydrogens (tertiary/aromatic N) is 5. The van der Waals surface area contributed by atoms with E-state index in [1.165, 1.54) is 4.52 Å². The molecule has 1 aliphatic rings. The number of aromatic carboxylic acids is 1. The molecule has 0 aromatic carbocycles. The van der Waals surface area contributed by atoms with E-state index in [2.05, 4.69) is 28.8 Å². The maximum absolute atomic E-state index is 11.5. The monoisotopic (exact) mass is 319 g/mol. The van der Waals surface area contributed by atoms with Crippen molar-refractivity contribution in [2.45, 2.75) is 39.2 Å². The summed E-state index contributed by atoms with van der Waals surface area (Å²) in [5.41, 5.74) is 0.162. The summed E-state index contributed by atoms with van der Waals surface area (Å²) in [7, 11) is 0. The summed E-state index contributed by atoms with van der Waals surface area (Å²) in [5, 5.41) is 24.7. The highest BCUT2D eigenvalue weighted by Gasteiger charge is 2.34. The van der Waals surface area contributed by atoms with Gasteiger partial charge in [-0.15, -0.1) is 0 Å². The largest absolute Gasteiger partial charge is 0.476 e. The molecule has 0 bridgehead atoms. The van der Waals surface area contributed by atoms with Gasteiger partial charge >= 0.3 is 11.7 Å². The summed E-state index contributed by atoms with van der Waals surface area (Å²) in [6.45, 7) is 4.79. The lowest BCUT2D eigenvalue weighted by Crippen LogP contribution is -2.34. The van der Waals surface area contributed by atoms with Gasteiger partial charge < -0.3 is 10.0 Å². The van der Waals surface area contributed by atoms with Gasteiger partial charge in [-0.25, -0.2) is 9.78 Å². The highest BCUT2D eigenvalue weighted by atomic mass is 16.6. The molecule has 122 valence electrons. The van der Waals surface area contributed by atoms with Crippen LogP contribution in [0.4, 0.5) is 11.5 Å². The van der Waals surface area contributed by atoms with Crippen LogP contribution in [0, 0.1) is 10.1 Å². The summed E-state index contributed by atoms with van der Waals surface area (Å²) >= 11 is 0. The van der Waals surface area contributed by atoms with Crippen LogP contribution < -0.4 is 4.90 Å². The first kappa shape index (κ1) is 15.2. The van der Waals surface area contributed by atoms with Gasteiger partial charge in [0.2, 0.25) is 5.65 Å². The van der Waals surface area contributed by atoms with E-state index < -0.39 is 10.9 Å². The number of anilines is 1. The number of nitro groups is 1. The van der Waals surface area contributed by atoms with E-state index in [9.17, 15) is 20.0 Å². The lowest BCUT2D eigenvalue weighted by atomic mass is 10.1. The fraction of sp³-hybridized carbons (Fsp3) is 0.500. The molecule has 0 atom stereocenters. The van der Waals surface area contributed by atoms with Gasteiger partial charge in [-0.1, -0.05) is 13.8 Å². The van der Waals surface area contributed by atoms with Crippen LogP contribution >= 0.6 is 0 Å². The molecule has 0 radical (unpaired) electrons. The molecule has 0 unspecified atom stereocenters. The van der Waals surface area contributed by atoms with Crippen LogP contribution in [0.1, 0.15) is 42.7 Å². The van der Waals surface area contributed by atoms with Gasteiger partial charge in [-0.05, 0) is 19.3 Å². The van der Waals surface area contributed by atoms with Crippen molar-refractivity contribution in [1.82, 2.24) is 14.6 Å². The van der Waals surface area contributed by atoms with Gasteiger partial charge in [0.1, 0.15) is 12.0 Å². The highest BCUT2D eigenvalue weighted by molar-refractivity contribution is 5.91. The summed E-state index contributed by atoms with van der Waals surface area (Å²) in [6, 6.07) is 0.228. The summed E-state index contributed by atoms with van der Waals surface area (Å²) < 4.78 is 1.41. The summed E-state index contributed by atoms with van der Waals surface area (Å²) in [5.74, 6) is -0.556. The maximum atomic E-state index is 11.5. The van der Waals surface area contributed by atoms with Crippen LogP contribution in [0.25, 0.3) is 5.65 Å². The van der Waals surface area contributed by atoms with Gasteiger partial charge in [-0.3, -0.25) is 10.1 Å². The van der Waals surface area contributed by atoms with E-state index in [0.717, 1.165) is 19.0 Å². The first-order valence-corrected chi connectivity index (χ1v) is 7.54. The normalized spacial score (nSPS) is 13.8. The number of carboxylic acid groups (broad SMARTS) is 1. The van der Waals surface area contributed by atoms with Crippen LogP contribution in [0.5, 0.6) is 0 Å². The van der Waals surface area contributed by atoms with Gasteiger partial charge in [-0.2, -0.15) is 9.61 Å². The Labute approximate surface area is 131 Å². The molecule has 9 nitrogen and oxygen atoms in total. The molecular weight excluding hydrogens is 302 g/mol. The van der Waals surface area contributed by atoms with Crippen LogP contribution in [-0.4, -0.2) is 43.2 Å². The van der Waals surface area contributed by atoms with Gasteiger partial charge in [0, 0.05) is 18.2 Å². The average molecular weight is 319 g/mol. The van der Waals surface area contributed by atoms with Gasteiger partial charge in [0.25, 0.3) is 0 Å². The number of carboxylic acids is 1. The molecule has 0 saturated carbocycles. The molecule has 0 spiro atoms. The van der Waals surface area contributed by atoms with E-state index >= 15 is 0 Å². The van der Waals surface area contributed by atoms with E-state index in [0.29, 0.717) is 24.3 Å². The zero-order chi connectivity index (χ0) is 16.7. The number of rotatable bonds is 5. The maximum Gasteiger partial charge on any atom is 0.355 e. The Kier molecular flexibility index (Phi) is 3.63. The smallest absolute Gasteiger partial charge is 0.355 e. The lowest BCUT2D eigenvalue weighted by molar-refractivity contribution is -0.383. The van der Waals surface area contributed by atoms with Crippen LogP contribution in [0.2, 0.25) is 0 Å². The fourth-order valence-corrected chi connectivity index (χ4v) is 3.25. The standard InChI is InChI=1S/C14H17N5O4/c1-3-8(4-2)17-6-5-9-11(14(20)21)16-12-10(19(22)23)7-15-18(12)13(9)17/h7-8H,3-6H2,1-2H3,(H,20,21). The molecule has 0 amide bonds. The quantitative estimate of drug-likeness (QED) is 0.661. The Morgan fingerprint density at radius 2 is 2.17 bits per heavy atom. The molecular formula is C14H17N5O4. The molecule has 0 saturated heterocycles. The third-order valence-electron chi connectivity index (χ3n) is 4.36. The third-order valence-corrected chi connectivity index (χ3v) is 4.36. The summed E-state index contributed by atoms with van der Waals surface area (Å²) in [6.07, 6.45) is 3.46. The molecule has 3 heterocycles. The van der Waals surface area contributed by atoms with E-state index in [1.807, 2.05) is 0 Å². The van der Waals surface area contributed by atoms with Gasteiger partial charge in [0.15, 0.2) is 5.69 Å². The molecule has 0 aliphatic carbocycles. The number of carbonyl (C=O) groups is 1. The second-order valence-corrected chi connectivity index (χ2v) is 5.50. The topological polar surface area (TPSA) is 114 Å². The molecule has 1 aliphatic heterocycles. The Morgan fingerprint density at radius 1 is 1.48 bits per heavy atom. The minimum atomic E-state index is -1.18. The molecule has 1 N–H and O–H groups in total. The van der Waals surface area contributed by atoms with Crippen LogP contribution in [-0.2, 0) is 6.42 Å². The second-order valence-electron chi connectivity index (χ2n) is 5.50. The molecule has 23 heavy (non-hydrogen) atoms. The van der Waals surface area contributed by atoms with Crippen LogP contribution in [0.3, 0.4) is 0 Å². The van der Waals surface area contributed by atoms with E-state index in [-0.39, 0.29) is 23.1 Å². The Hall–Kier alpha value is -2.71. The lowest BCUT2D eigenvalue weighted by Gasteiger charge is -2.28. The van der Waals surface area contributed by atoms with Crippen molar-refractivity contribution in [1.29, 1.82) is 0 Å². The fourth-order valence-electron chi connectivity index (χ4n) is 3.25. The van der Waals surface area contributed by atoms with Crippen molar-refractivity contribution < 1.29 is 14.8 Å². The first-order valence-electron chi connectivity index (χ1n) is 7.54. The minimum Gasteiger partial charge on any atom is -0.476 e. The molecule has 2 aromatic heterocycles. The molecule has 9 heteroatoms. The summed E-state index contributed by atoms with van der Waals surface area (Å²) in [4.78, 5) is 28.2. The zero-order valence-electron chi connectivity index (χ0n) is 12.9. The predicted octanol–water partition coefficient (Wildman–Crippen LogP) is 1.89. The number of aromatic nitrogens is 3. The highest BCUT2D eigenvalue weighted by Crippen LogP contribution is 2.35. The number of fused-ring (bicyclic) bond motifs is 3. The van der Waals surface area contributed by atoms with Gasteiger partial charge in [0.05, 0.1) is 4.92 Å². The van der Waals surface area contributed by atoms with Crippen LogP contribution in [0.15, 0.2) is 6.20 Å². The Morgan fingerprint density at radius 3 is 2.74 bits per heavy atom. The van der Waals surface area contributed by atoms with E-state index in [1.54, 1.807) is 0 Å². The molecule has 3 rings (SSSR count). The van der Waals surface area contributed by atoms with Crippen molar-refractivity contribution in [2.75, 3.05) is 11.4 Å². The van der Waals surface area contributed by atoms with Crippen molar-refractivity contribution in [2.24, 2.45) is 0 Å². The van der Waals surface area contributed by atoms with Crippen molar-refractivity contribution >= 4 is 23.1 Å². The van der Waals surface area contributed by atoms with Crippen molar-refractivity contribution in [3.63, 3.8) is 0 Å².